The zero-order valence-corrected chi connectivity index (χ0v) is 14.9. The number of benzene rings is 1. The Labute approximate surface area is 154 Å². The fraction of sp³-hybridized carbons (Fsp3) is 0.368. The number of carbonyl (C=O) groups is 2. The molecule has 0 aliphatic carbocycles. The van der Waals surface area contributed by atoms with Crippen LogP contribution >= 0.6 is 0 Å². The van der Waals surface area contributed by atoms with Crippen molar-refractivity contribution in [1.29, 1.82) is 0 Å². The highest BCUT2D eigenvalue weighted by molar-refractivity contribution is 5.89. The minimum atomic E-state index is -4.48. The third-order valence-electron chi connectivity index (χ3n) is 3.97. The van der Waals surface area contributed by atoms with Crippen molar-refractivity contribution in [3.05, 3.63) is 47.7 Å². The van der Waals surface area contributed by atoms with Gasteiger partial charge in [0.05, 0.1) is 5.56 Å². The fourth-order valence-corrected chi connectivity index (χ4v) is 2.42. The summed E-state index contributed by atoms with van der Waals surface area (Å²) in [7, 11) is 0. The largest absolute Gasteiger partial charge is 0.450 e. The second-order valence-corrected chi connectivity index (χ2v) is 5.90. The van der Waals surface area contributed by atoms with E-state index in [1.165, 1.54) is 24.3 Å². The summed E-state index contributed by atoms with van der Waals surface area (Å²) >= 11 is 0. The zero-order chi connectivity index (χ0) is 20.0. The first-order valence-electron chi connectivity index (χ1n) is 8.48. The number of furan rings is 1. The molecule has 1 heterocycles. The van der Waals surface area contributed by atoms with Gasteiger partial charge in [-0.1, -0.05) is 26.0 Å². The summed E-state index contributed by atoms with van der Waals surface area (Å²) in [4.78, 5) is 23.7. The van der Waals surface area contributed by atoms with Crippen LogP contribution < -0.4 is 5.32 Å². The van der Waals surface area contributed by atoms with Crippen LogP contribution in [0, 0.1) is 0 Å². The van der Waals surface area contributed by atoms with Gasteiger partial charge in [-0.2, -0.15) is 13.2 Å². The molecule has 0 fully saturated rings. The number of nitrogens with one attached hydrogen (secondary N) is 1. The molecule has 1 aromatic heterocycles. The molecule has 0 saturated carbocycles. The van der Waals surface area contributed by atoms with Crippen LogP contribution in [0.15, 0.2) is 40.8 Å². The average Bonchev–Trinajstić information content (AvgIpc) is 3.14. The van der Waals surface area contributed by atoms with Crippen LogP contribution in [0.2, 0.25) is 0 Å². The smallest absolute Gasteiger partial charge is 0.416 e. The van der Waals surface area contributed by atoms with Gasteiger partial charge in [-0.05, 0) is 37.1 Å². The van der Waals surface area contributed by atoms with Crippen LogP contribution in [0.4, 0.5) is 13.2 Å². The van der Waals surface area contributed by atoms with Crippen LogP contribution in [0.3, 0.4) is 0 Å². The third-order valence-corrected chi connectivity index (χ3v) is 3.97. The van der Waals surface area contributed by atoms with Crippen LogP contribution in [-0.4, -0.2) is 24.5 Å². The number of hydrogen-bond donors (Lipinski definition) is 1. The number of halogens is 3. The number of ether oxygens (including phenoxy) is 1. The molecule has 1 amide bonds. The van der Waals surface area contributed by atoms with Crippen molar-refractivity contribution in [1.82, 2.24) is 5.32 Å². The van der Waals surface area contributed by atoms with Crippen molar-refractivity contribution in [2.24, 2.45) is 0 Å². The number of hydrogen-bond acceptors (Lipinski definition) is 4. The summed E-state index contributed by atoms with van der Waals surface area (Å²) in [6.45, 7) is 3.39. The Morgan fingerprint density at radius 3 is 2.48 bits per heavy atom. The highest BCUT2D eigenvalue weighted by Gasteiger charge is 2.30. The fourth-order valence-electron chi connectivity index (χ4n) is 2.42. The maximum atomic E-state index is 12.8. The van der Waals surface area contributed by atoms with E-state index in [2.05, 4.69) is 5.32 Å². The maximum absolute atomic E-state index is 12.8. The highest BCUT2D eigenvalue weighted by Crippen LogP contribution is 2.32. The van der Waals surface area contributed by atoms with Crippen LogP contribution in [-0.2, 0) is 15.7 Å². The van der Waals surface area contributed by atoms with Gasteiger partial charge in [0.2, 0.25) is 5.76 Å². The van der Waals surface area contributed by atoms with Gasteiger partial charge in [-0.15, -0.1) is 0 Å². The minimum Gasteiger partial charge on any atom is -0.450 e. The van der Waals surface area contributed by atoms with Crippen molar-refractivity contribution in [2.75, 3.05) is 6.61 Å². The van der Waals surface area contributed by atoms with E-state index in [9.17, 15) is 22.8 Å². The van der Waals surface area contributed by atoms with Gasteiger partial charge in [-0.25, -0.2) is 4.79 Å². The average molecular weight is 383 g/mol. The molecule has 2 aromatic rings. The van der Waals surface area contributed by atoms with E-state index in [1.807, 2.05) is 13.8 Å². The van der Waals surface area contributed by atoms with Gasteiger partial charge in [0.15, 0.2) is 6.61 Å². The molecule has 0 atom stereocenters. The van der Waals surface area contributed by atoms with E-state index in [4.69, 9.17) is 9.15 Å². The number of alkyl halides is 3. The lowest BCUT2D eigenvalue weighted by atomic mass is 10.1. The van der Waals surface area contributed by atoms with Crippen molar-refractivity contribution in [3.8, 4) is 11.3 Å². The number of amides is 1. The van der Waals surface area contributed by atoms with Crippen molar-refractivity contribution in [3.63, 3.8) is 0 Å². The van der Waals surface area contributed by atoms with Gasteiger partial charge in [-0.3, -0.25) is 4.79 Å². The van der Waals surface area contributed by atoms with Gasteiger partial charge >= 0.3 is 12.1 Å². The summed E-state index contributed by atoms with van der Waals surface area (Å²) in [5.74, 6) is -1.40. The quantitative estimate of drug-likeness (QED) is 0.719. The van der Waals surface area contributed by atoms with E-state index in [0.717, 1.165) is 25.0 Å². The Bertz CT molecular complexity index is 794. The van der Waals surface area contributed by atoms with Gasteiger partial charge < -0.3 is 14.5 Å². The lowest BCUT2D eigenvalue weighted by Crippen LogP contribution is -2.36. The topological polar surface area (TPSA) is 68.5 Å². The lowest BCUT2D eigenvalue weighted by Gasteiger charge is -2.14. The monoisotopic (exact) mass is 383 g/mol. The molecule has 0 aliphatic heterocycles. The first kappa shape index (κ1) is 20.5. The highest BCUT2D eigenvalue weighted by atomic mass is 19.4. The maximum Gasteiger partial charge on any atom is 0.416 e. The Kier molecular flexibility index (Phi) is 6.65. The van der Waals surface area contributed by atoms with Gasteiger partial charge in [0.25, 0.3) is 5.91 Å². The molecule has 1 N–H and O–H groups in total. The standard InChI is InChI=1S/C19H20F3NO4/c1-3-14(4-2)23-17(24)11-26-18(25)16-9-8-15(27-16)12-6-5-7-13(10-12)19(20,21)22/h5-10,14H,3-4,11H2,1-2H3,(H,23,24). The number of carbonyl (C=O) groups excluding carboxylic acids is 2. The molecule has 2 rings (SSSR count). The van der Waals surface area contributed by atoms with E-state index >= 15 is 0 Å². The Hall–Kier alpha value is -2.77. The Balaban J connectivity index is 2.01. The second-order valence-electron chi connectivity index (χ2n) is 5.90. The number of rotatable bonds is 7. The van der Waals surface area contributed by atoms with Gasteiger partial charge in [0, 0.05) is 11.6 Å². The molecule has 0 aliphatic rings. The number of esters is 1. The molecule has 5 nitrogen and oxygen atoms in total. The van der Waals surface area contributed by atoms with Crippen LogP contribution in [0.1, 0.15) is 42.8 Å². The van der Waals surface area contributed by atoms with E-state index < -0.39 is 30.2 Å². The van der Waals surface area contributed by atoms with Crippen LogP contribution in [0.5, 0.6) is 0 Å². The minimum absolute atomic E-state index is 0.00678. The predicted octanol–water partition coefficient (Wildman–Crippen LogP) is 4.43. The Morgan fingerprint density at radius 1 is 1.15 bits per heavy atom. The lowest BCUT2D eigenvalue weighted by molar-refractivity contribution is -0.137. The van der Waals surface area contributed by atoms with Crippen molar-refractivity contribution in [2.45, 2.75) is 38.9 Å². The normalized spacial score (nSPS) is 11.5. The van der Waals surface area contributed by atoms with E-state index in [1.54, 1.807) is 0 Å². The van der Waals surface area contributed by atoms with Crippen LogP contribution in [0.25, 0.3) is 11.3 Å². The summed E-state index contributed by atoms with van der Waals surface area (Å²) in [5, 5.41) is 2.72. The van der Waals surface area contributed by atoms with Gasteiger partial charge in [0.1, 0.15) is 5.76 Å². The molecule has 0 spiro atoms. The summed E-state index contributed by atoms with van der Waals surface area (Å²) < 4.78 is 48.5. The molecule has 146 valence electrons. The molecule has 0 unspecified atom stereocenters. The van der Waals surface area contributed by atoms with Crippen molar-refractivity contribution >= 4 is 11.9 Å². The molecular weight excluding hydrogens is 363 g/mol. The van der Waals surface area contributed by atoms with E-state index in [0.29, 0.717) is 0 Å². The zero-order valence-electron chi connectivity index (χ0n) is 14.9. The molecule has 0 bridgehead atoms. The summed E-state index contributed by atoms with van der Waals surface area (Å²) in [6.07, 6.45) is -2.96. The molecule has 27 heavy (non-hydrogen) atoms. The summed E-state index contributed by atoms with van der Waals surface area (Å²) in [6, 6.07) is 7.23. The molecule has 0 saturated heterocycles. The first-order chi connectivity index (χ1) is 12.7. The predicted molar refractivity (Wildman–Crippen MR) is 91.9 cm³/mol. The molecule has 8 heteroatoms. The summed E-state index contributed by atoms with van der Waals surface area (Å²) in [5.41, 5.74) is -0.644. The van der Waals surface area contributed by atoms with Crippen molar-refractivity contribution < 1.29 is 31.9 Å². The molecule has 0 radical (unpaired) electrons. The third kappa shape index (κ3) is 5.60. The Morgan fingerprint density at radius 2 is 1.85 bits per heavy atom. The SMILES string of the molecule is CCC(CC)NC(=O)COC(=O)c1ccc(-c2cccc(C(F)(F)F)c2)o1. The molecular formula is C19H20F3NO4. The first-order valence-corrected chi connectivity index (χ1v) is 8.48. The second kappa shape index (κ2) is 8.75. The van der Waals surface area contributed by atoms with E-state index in [-0.39, 0.29) is 23.1 Å². The molecule has 1 aromatic carbocycles.